The van der Waals surface area contributed by atoms with E-state index >= 15 is 0 Å². The van der Waals surface area contributed by atoms with Gasteiger partial charge in [-0.05, 0) is 31.5 Å². The van der Waals surface area contributed by atoms with Gasteiger partial charge in [0.1, 0.15) is 0 Å². The molecule has 1 saturated heterocycles. The van der Waals surface area contributed by atoms with Gasteiger partial charge < -0.3 is 19.9 Å². The predicted molar refractivity (Wildman–Crippen MR) is 90.0 cm³/mol. The lowest BCUT2D eigenvalue weighted by Crippen LogP contribution is -2.56. The first-order valence-electron chi connectivity index (χ1n) is 7.85. The maximum absolute atomic E-state index is 12.6. The van der Waals surface area contributed by atoms with E-state index in [-0.39, 0.29) is 18.0 Å². The number of aryl methyl sites for hydroxylation is 1. The van der Waals surface area contributed by atoms with Crippen molar-refractivity contribution in [3.63, 3.8) is 0 Å². The minimum atomic E-state index is -0.450. The Morgan fingerprint density at radius 2 is 1.96 bits per heavy atom. The zero-order valence-corrected chi connectivity index (χ0v) is 14.5. The minimum absolute atomic E-state index is 0.0172. The number of amides is 3. The van der Waals surface area contributed by atoms with E-state index in [0.29, 0.717) is 30.9 Å². The van der Waals surface area contributed by atoms with Crippen LogP contribution >= 0.6 is 0 Å². The average molecular weight is 333 g/mol. The van der Waals surface area contributed by atoms with Gasteiger partial charge in [0.05, 0.1) is 12.7 Å². The summed E-state index contributed by atoms with van der Waals surface area (Å²) in [6.45, 7) is 6.81. The molecular formula is C17H23N3O4. The maximum Gasteiger partial charge on any atom is 0.337 e. The van der Waals surface area contributed by atoms with Gasteiger partial charge in [-0.2, -0.15) is 0 Å². The van der Waals surface area contributed by atoms with Crippen LogP contribution in [-0.2, 0) is 9.53 Å². The van der Waals surface area contributed by atoms with Gasteiger partial charge in [0.15, 0.2) is 0 Å². The lowest BCUT2D eigenvalue weighted by atomic mass is 10.1. The number of anilines is 1. The van der Waals surface area contributed by atoms with E-state index in [1.165, 1.54) is 14.0 Å². The first kappa shape index (κ1) is 17.8. The molecule has 0 radical (unpaired) electrons. The molecule has 7 heteroatoms. The molecule has 1 fully saturated rings. The van der Waals surface area contributed by atoms with Crippen LogP contribution in [0, 0.1) is 6.92 Å². The van der Waals surface area contributed by atoms with Crippen molar-refractivity contribution in [1.82, 2.24) is 9.80 Å². The number of hydrogen-bond acceptors (Lipinski definition) is 4. The first-order chi connectivity index (χ1) is 11.3. The lowest BCUT2D eigenvalue weighted by Gasteiger charge is -2.39. The number of methoxy groups -OCH3 is 1. The largest absolute Gasteiger partial charge is 0.465 e. The number of piperazine rings is 1. The molecule has 1 heterocycles. The number of carbonyl (C=O) groups is 3. The molecule has 1 N–H and O–H groups in total. The SMILES string of the molecule is COC(=O)c1ccc(C)c(NC(=O)N2CCN(C(C)=O)CC2C)c1. The van der Waals surface area contributed by atoms with Crippen LogP contribution in [0.5, 0.6) is 0 Å². The molecule has 1 atom stereocenters. The van der Waals surface area contributed by atoms with Crippen LogP contribution < -0.4 is 5.32 Å². The average Bonchev–Trinajstić information content (AvgIpc) is 2.55. The summed E-state index contributed by atoms with van der Waals surface area (Å²) in [5.41, 5.74) is 1.81. The van der Waals surface area contributed by atoms with Crippen LogP contribution in [0.15, 0.2) is 18.2 Å². The number of ether oxygens (including phenoxy) is 1. The summed E-state index contributed by atoms with van der Waals surface area (Å²) >= 11 is 0. The highest BCUT2D eigenvalue weighted by molar-refractivity contribution is 5.94. The van der Waals surface area contributed by atoms with Gasteiger partial charge in [0.25, 0.3) is 0 Å². The number of nitrogens with zero attached hydrogens (tertiary/aromatic N) is 2. The molecule has 1 aliphatic rings. The standard InChI is InChI=1S/C17H23N3O4/c1-11-5-6-14(16(22)24-4)9-15(11)18-17(23)20-8-7-19(13(3)21)10-12(20)2/h5-6,9,12H,7-8,10H2,1-4H3,(H,18,23). The summed E-state index contributed by atoms with van der Waals surface area (Å²) in [7, 11) is 1.32. The Morgan fingerprint density at radius 3 is 2.54 bits per heavy atom. The topological polar surface area (TPSA) is 79.0 Å². The second-order valence-corrected chi connectivity index (χ2v) is 5.96. The normalized spacial score (nSPS) is 17.4. The van der Waals surface area contributed by atoms with E-state index in [9.17, 15) is 14.4 Å². The number of hydrogen-bond donors (Lipinski definition) is 1. The van der Waals surface area contributed by atoms with Crippen LogP contribution in [0.1, 0.15) is 29.8 Å². The second-order valence-electron chi connectivity index (χ2n) is 5.96. The minimum Gasteiger partial charge on any atom is -0.465 e. The number of nitrogens with one attached hydrogen (secondary N) is 1. The summed E-state index contributed by atoms with van der Waals surface area (Å²) in [4.78, 5) is 39.1. The molecule has 0 aliphatic carbocycles. The van der Waals surface area contributed by atoms with Gasteiger partial charge in [0, 0.05) is 38.3 Å². The Morgan fingerprint density at radius 1 is 1.25 bits per heavy atom. The molecule has 130 valence electrons. The summed E-state index contributed by atoms with van der Waals surface area (Å²) in [6, 6.07) is 4.71. The van der Waals surface area contributed by atoms with E-state index in [4.69, 9.17) is 4.74 Å². The Bertz CT molecular complexity index is 659. The number of carbonyl (C=O) groups excluding carboxylic acids is 3. The Balaban J connectivity index is 2.10. The van der Waals surface area contributed by atoms with Crippen molar-refractivity contribution in [2.45, 2.75) is 26.8 Å². The van der Waals surface area contributed by atoms with Gasteiger partial charge in [-0.1, -0.05) is 6.07 Å². The number of benzene rings is 1. The van der Waals surface area contributed by atoms with Gasteiger partial charge in [-0.3, -0.25) is 4.79 Å². The van der Waals surface area contributed by atoms with Crippen molar-refractivity contribution in [3.05, 3.63) is 29.3 Å². The highest BCUT2D eigenvalue weighted by Gasteiger charge is 2.28. The zero-order valence-electron chi connectivity index (χ0n) is 14.5. The Hall–Kier alpha value is -2.57. The van der Waals surface area contributed by atoms with Crippen LogP contribution in [-0.4, -0.2) is 60.5 Å². The van der Waals surface area contributed by atoms with Crippen LogP contribution in [0.2, 0.25) is 0 Å². The summed E-state index contributed by atoms with van der Waals surface area (Å²) < 4.78 is 4.70. The van der Waals surface area contributed by atoms with Crippen molar-refractivity contribution in [3.8, 4) is 0 Å². The molecule has 2 rings (SSSR count). The van der Waals surface area contributed by atoms with E-state index in [2.05, 4.69) is 5.32 Å². The van der Waals surface area contributed by atoms with Crippen molar-refractivity contribution < 1.29 is 19.1 Å². The van der Waals surface area contributed by atoms with Gasteiger partial charge in [-0.25, -0.2) is 9.59 Å². The fourth-order valence-electron chi connectivity index (χ4n) is 2.73. The number of rotatable bonds is 2. The van der Waals surface area contributed by atoms with Crippen molar-refractivity contribution in [2.75, 3.05) is 32.1 Å². The third-order valence-electron chi connectivity index (χ3n) is 4.23. The van der Waals surface area contributed by atoms with Gasteiger partial charge >= 0.3 is 12.0 Å². The zero-order chi connectivity index (χ0) is 17.9. The third kappa shape index (κ3) is 3.84. The van der Waals surface area contributed by atoms with Gasteiger partial charge in [-0.15, -0.1) is 0 Å². The van der Waals surface area contributed by atoms with E-state index < -0.39 is 5.97 Å². The number of urea groups is 1. The summed E-state index contributed by atoms with van der Waals surface area (Å²) in [5.74, 6) is -0.433. The maximum atomic E-state index is 12.6. The molecule has 0 saturated carbocycles. The van der Waals surface area contributed by atoms with E-state index in [0.717, 1.165) is 5.56 Å². The quantitative estimate of drug-likeness (QED) is 0.838. The molecule has 3 amide bonds. The molecule has 1 unspecified atom stereocenters. The highest BCUT2D eigenvalue weighted by Crippen LogP contribution is 2.19. The Kier molecular flexibility index (Phi) is 5.43. The molecule has 1 aromatic carbocycles. The van der Waals surface area contributed by atoms with Crippen LogP contribution in [0.3, 0.4) is 0 Å². The molecule has 7 nitrogen and oxygen atoms in total. The Labute approximate surface area is 141 Å². The molecule has 0 aromatic heterocycles. The number of esters is 1. The molecule has 0 bridgehead atoms. The van der Waals surface area contributed by atoms with Crippen LogP contribution in [0.4, 0.5) is 10.5 Å². The monoisotopic (exact) mass is 333 g/mol. The molecular weight excluding hydrogens is 310 g/mol. The molecule has 1 aromatic rings. The van der Waals surface area contributed by atoms with Crippen LogP contribution in [0.25, 0.3) is 0 Å². The van der Waals surface area contributed by atoms with E-state index in [1.807, 2.05) is 13.8 Å². The highest BCUT2D eigenvalue weighted by atomic mass is 16.5. The molecule has 24 heavy (non-hydrogen) atoms. The van der Waals surface area contributed by atoms with Crippen molar-refractivity contribution in [1.29, 1.82) is 0 Å². The summed E-state index contributed by atoms with van der Waals surface area (Å²) in [6.07, 6.45) is 0. The molecule has 0 spiro atoms. The lowest BCUT2D eigenvalue weighted by molar-refractivity contribution is -0.131. The summed E-state index contributed by atoms with van der Waals surface area (Å²) in [5, 5.41) is 2.85. The first-order valence-corrected chi connectivity index (χ1v) is 7.85. The van der Waals surface area contributed by atoms with Crippen molar-refractivity contribution in [2.24, 2.45) is 0 Å². The second kappa shape index (κ2) is 7.33. The fraction of sp³-hybridized carbons (Fsp3) is 0.471. The van der Waals surface area contributed by atoms with E-state index in [1.54, 1.807) is 28.0 Å². The van der Waals surface area contributed by atoms with Gasteiger partial charge in [0.2, 0.25) is 5.91 Å². The van der Waals surface area contributed by atoms with Crippen molar-refractivity contribution >= 4 is 23.6 Å². The fourth-order valence-corrected chi connectivity index (χ4v) is 2.73. The predicted octanol–water partition coefficient (Wildman–Crippen LogP) is 1.87. The molecule has 1 aliphatic heterocycles. The third-order valence-corrected chi connectivity index (χ3v) is 4.23. The smallest absolute Gasteiger partial charge is 0.337 e.